The highest BCUT2D eigenvalue weighted by atomic mass is 79.9. The Morgan fingerprint density at radius 3 is 2.76 bits per heavy atom. The average Bonchev–Trinajstić information content (AvgIpc) is 2.73. The third kappa shape index (κ3) is 3.31. The number of aromatic nitrogens is 1. The summed E-state index contributed by atoms with van der Waals surface area (Å²) in [6.07, 6.45) is 0. The normalized spacial score (nSPS) is 11.1. The Bertz CT molecular complexity index is 438. The van der Waals surface area contributed by atoms with E-state index >= 15 is 0 Å². The standard InChI is InChI=1S/C11H12BrClN2OS/c1-6-7(2)16-10(15-6)5-14-4-8-3-9(12)11(13)17-8/h3,14H,4-5H2,1-2H3. The zero-order valence-electron chi connectivity index (χ0n) is 9.51. The van der Waals surface area contributed by atoms with Crippen LogP contribution >= 0.6 is 38.9 Å². The van der Waals surface area contributed by atoms with Gasteiger partial charge in [-0.3, -0.25) is 0 Å². The smallest absolute Gasteiger partial charge is 0.208 e. The number of halogens is 2. The summed E-state index contributed by atoms with van der Waals surface area (Å²) < 4.78 is 7.21. The first-order chi connectivity index (χ1) is 8.06. The van der Waals surface area contributed by atoms with E-state index in [9.17, 15) is 0 Å². The Kier molecular flexibility index (Phi) is 4.25. The van der Waals surface area contributed by atoms with E-state index in [0.717, 1.165) is 32.7 Å². The lowest BCUT2D eigenvalue weighted by molar-refractivity contribution is 0.449. The van der Waals surface area contributed by atoms with Crippen LogP contribution in [0.2, 0.25) is 4.34 Å². The Labute approximate surface area is 117 Å². The lowest BCUT2D eigenvalue weighted by Gasteiger charge is -1.98. The van der Waals surface area contributed by atoms with E-state index in [1.54, 1.807) is 11.3 Å². The molecule has 0 unspecified atom stereocenters. The molecule has 0 radical (unpaired) electrons. The number of oxazole rings is 1. The molecule has 0 saturated heterocycles. The molecule has 0 amide bonds. The van der Waals surface area contributed by atoms with Gasteiger partial charge in [0.1, 0.15) is 10.1 Å². The highest BCUT2D eigenvalue weighted by Gasteiger charge is 2.07. The molecule has 2 aromatic rings. The lowest BCUT2D eigenvalue weighted by atomic mass is 10.4. The zero-order chi connectivity index (χ0) is 12.4. The second-order valence-corrected chi connectivity index (χ2v) is 6.28. The van der Waals surface area contributed by atoms with Crippen molar-refractivity contribution in [2.24, 2.45) is 0 Å². The molecule has 0 aromatic carbocycles. The minimum atomic E-state index is 0.627. The van der Waals surface area contributed by atoms with E-state index in [4.69, 9.17) is 16.0 Å². The van der Waals surface area contributed by atoms with Gasteiger partial charge in [0.25, 0.3) is 0 Å². The van der Waals surface area contributed by atoms with Crippen LogP contribution in [0.1, 0.15) is 22.2 Å². The van der Waals surface area contributed by atoms with Crippen molar-refractivity contribution in [2.45, 2.75) is 26.9 Å². The summed E-state index contributed by atoms with van der Waals surface area (Å²) in [6, 6.07) is 2.02. The number of hydrogen-bond acceptors (Lipinski definition) is 4. The van der Waals surface area contributed by atoms with Crippen LogP contribution in [0.25, 0.3) is 0 Å². The molecule has 6 heteroatoms. The Hall–Kier alpha value is -0.360. The first-order valence-corrected chi connectivity index (χ1v) is 7.12. The van der Waals surface area contributed by atoms with Gasteiger partial charge in [0, 0.05) is 15.9 Å². The number of thiophene rings is 1. The summed E-state index contributed by atoms with van der Waals surface area (Å²) >= 11 is 10.9. The molecule has 0 aliphatic rings. The number of hydrogen-bond donors (Lipinski definition) is 1. The summed E-state index contributed by atoms with van der Waals surface area (Å²) in [5.74, 6) is 1.60. The van der Waals surface area contributed by atoms with Crippen molar-refractivity contribution in [3.05, 3.63) is 37.1 Å². The monoisotopic (exact) mass is 334 g/mol. The van der Waals surface area contributed by atoms with Gasteiger partial charge in [0.15, 0.2) is 0 Å². The molecule has 0 atom stereocenters. The fraction of sp³-hybridized carbons (Fsp3) is 0.364. The van der Waals surface area contributed by atoms with Crippen molar-refractivity contribution in [1.82, 2.24) is 10.3 Å². The quantitative estimate of drug-likeness (QED) is 0.915. The molecule has 0 saturated carbocycles. The van der Waals surface area contributed by atoms with E-state index in [-0.39, 0.29) is 0 Å². The van der Waals surface area contributed by atoms with Gasteiger partial charge in [-0.1, -0.05) is 11.6 Å². The maximum Gasteiger partial charge on any atom is 0.208 e. The predicted octanol–water partition coefficient (Wildman–Crippen LogP) is 4.06. The van der Waals surface area contributed by atoms with Crippen LogP contribution < -0.4 is 5.32 Å². The second-order valence-electron chi connectivity index (χ2n) is 3.69. The Balaban J connectivity index is 1.87. The highest BCUT2D eigenvalue weighted by molar-refractivity contribution is 9.10. The molecule has 3 nitrogen and oxygen atoms in total. The number of rotatable bonds is 4. The van der Waals surface area contributed by atoms with Crippen molar-refractivity contribution in [3.63, 3.8) is 0 Å². The van der Waals surface area contributed by atoms with Gasteiger partial charge < -0.3 is 9.73 Å². The van der Waals surface area contributed by atoms with Crippen molar-refractivity contribution < 1.29 is 4.42 Å². The predicted molar refractivity (Wildman–Crippen MR) is 73.5 cm³/mol. The van der Waals surface area contributed by atoms with E-state index in [0.29, 0.717) is 6.54 Å². The molecule has 2 heterocycles. The summed E-state index contributed by atoms with van der Waals surface area (Å²) in [4.78, 5) is 5.49. The molecule has 17 heavy (non-hydrogen) atoms. The van der Waals surface area contributed by atoms with Crippen LogP contribution in [0.4, 0.5) is 0 Å². The van der Waals surface area contributed by atoms with Crippen molar-refractivity contribution in [2.75, 3.05) is 0 Å². The van der Waals surface area contributed by atoms with Gasteiger partial charge >= 0.3 is 0 Å². The molecule has 2 aromatic heterocycles. The zero-order valence-corrected chi connectivity index (χ0v) is 12.7. The summed E-state index contributed by atoms with van der Waals surface area (Å²) in [5.41, 5.74) is 0.948. The average molecular weight is 336 g/mol. The third-order valence-corrected chi connectivity index (χ3v) is 4.82. The van der Waals surface area contributed by atoms with Crippen LogP contribution in [-0.4, -0.2) is 4.98 Å². The van der Waals surface area contributed by atoms with Crippen molar-refractivity contribution >= 4 is 38.9 Å². The molecule has 1 N–H and O–H groups in total. The first-order valence-electron chi connectivity index (χ1n) is 5.13. The second kappa shape index (κ2) is 5.52. The first kappa shape index (κ1) is 13.1. The maximum absolute atomic E-state index is 5.96. The maximum atomic E-state index is 5.96. The van der Waals surface area contributed by atoms with Crippen LogP contribution in [0, 0.1) is 13.8 Å². The van der Waals surface area contributed by atoms with E-state index in [1.807, 2.05) is 19.9 Å². The van der Waals surface area contributed by atoms with Gasteiger partial charge in [-0.05, 0) is 35.8 Å². The molecule has 0 aliphatic carbocycles. The number of nitrogens with zero attached hydrogens (tertiary/aromatic N) is 1. The third-order valence-electron chi connectivity index (χ3n) is 2.34. The van der Waals surface area contributed by atoms with Gasteiger partial charge in [0.2, 0.25) is 5.89 Å². The molecule has 2 rings (SSSR count). The van der Waals surface area contributed by atoms with Crippen molar-refractivity contribution in [1.29, 1.82) is 0 Å². The van der Waals surface area contributed by atoms with Crippen LogP contribution in [0.15, 0.2) is 15.0 Å². The van der Waals surface area contributed by atoms with Crippen LogP contribution in [-0.2, 0) is 13.1 Å². The summed E-state index contributed by atoms with van der Waals surface area (Å²) in [7, 11) is 0. The molecular formula is C11H12BrClN2OS. The fourth-order valence-corrected chi connectivity index (χ4v) is 3.15. The van der Waals surface area contributed by atoms with Gasteiger partial charge in [-0.15, -0.1) is 11.3 Å². The number of aryl methyl sites for hydroxylation is 2. The van der Waals surface area contributed by atoms with Gasteiger partial charge in [-0.2, -0.15) is 0 Å². The lowest BCUT2D eigenvalue weighted by Crippen LogP contribution is -2.11. The van der Waals surface area contributed by atoms with E-state index in [2.05, 4.69) is 26.2 Å². The largest absolute Gasteiger partial charge is 0.444 e. The Morgan fingerprint density at radius 1 is 1.47 bits per heavy atom. The van der Waals surface area contributed by atoms with Gasteiger partial charge in [0.05, 0.1) is 12.2 Å². The molecule has 0 spiro atoms. The summed E-state index contributed by atoms with van der Waals surface area (Å²) in [5, 5.41) is 3.27. The topological polar surface area (TPSA) is 38.1 Å². The molecule has 0 aliphatic heterocycles. The summed E-state index contributed by atoms with van der Waals surface area (Å²) in [6.45, 7) is 5.25. The van der Waals surface area contributed by atoms with Crippen LogP contribution in [0.3, 0.4) is 0 Å². The van der Waals surface area contributed by atoms with Crippen molar-refractivity contribution in [3.8, 4) is 0 Å². The highest BCUT2D eigenvalue weighted by Crippen LogP contribution is 2.31. The van der Waals surface area contributed by atoms with E-state index < -0.39 is 0 Å². The molecule has 92 valence electrons. The SMILES string of the molecule is Cc1nc(CNCc2cc(Br)c(Cl)s2)oc1C. The fourth-order valence-electron chi connectivity index (χ4n) is 1.39. The van der Waals surface area contributed by atoms with Gasteiger partial charge in [-0.25, -0.2) is 4.98 Å². The minimum absolute atomic E-state index is 0.627. The molecule has 0 bridgehead atoms. The molecule has 0 fully saturated rings. The minimum Gasteiger partial charge on any atom is -0.444 e. The van der Waals surface area contributed by atoms with E-state index in [1.165, 1.54) is 4.88 Å². The Morgan fingerprint density at radius 2 is 2.24 bits per heavy atom. The number of nitrogens with one attached hydrogen (secondary N) is 1. The van der Waals surface area contributed by atoms with Crippen LogP contribution in [0.5, 0.6) is 0 Å². The molecular weight excluding hydrogens is 324 g/mol.